The normalized spacial score (nSPS) is 10.8. The van der Waals surface area contributed by atoms with Crippen LogP contribution in [0.5, 0.6) is 0 Å². The number of aromatic nitrogens is 4. The Morgan fingerprint density at radius 1 is 0.892 bits per heavy atom. The molecule has 37 heavy (non-hydrogen) atoms. The predicted octanol–water partition coefficient (Wildman–Crippen LogP) is 5.65. The van der Waals surface area contributed by atoms with E-state index < -0.39 is 0 Å². The molecule has 0 unspecified atom stereocenters. The summed E-state index contributed by atoms with van der Waals surface area (Å²) in [5.41, 5.74) is 5.07. The number of carbonyl (C=O) groups excluding carboxylic acids is 2. The highest BCUT2D eigenvalue weighted by Crippen LogP contribution is 2.22. The summed E-state index contributed by atoms with van der Waals surface area (Å²) in [7, 11) is 0. The average Bonchev–Trinajstić information content (AvgIpc) is 3.61. The van der Waals surface area contributed by atoms with Crippen LogP contribution in [0.15, 0.2) is 104 Å². The van der Waals surface area contributed by atoms with Gasteiger partial charge >= 0.3 is 0 Å². The van der Waals surface area contributed by atoms with E-state index in [1.165, 1.54) is 0 Å². The van der Waals surface area contributed by atoms with Gasteiger partial charge in [-0.25, -0.2) is 4.98 Å². The molecule has 0 atom stereocenters. The molecular weight excluding hydrogens is 462 g/mol. The quantitative estimate of drug-likeness (QED) is 0.265. The van der Waals surface area contributed by atoms with Gasteiger partial charge in [-0.15, -0.1) is 0 Å². The van der Waals surface area contributed by atoms with Gasteiger partial charge in [-0.2, -0.15) is 5.10 Å². The molecular formula is C30H27N5O2. The van der Waals surface area contributed by atoms with Crippen LogP contribution in [-0.2, 0) is 17.6 Å². The minimum Gasteiger partial charge on any atom is -0.299 e. The van der Waals surface area contributed by atoms with Crippen LogP contribution < -0.4 is 5.32 Å². The predicted molar refractivity (Wildman–Crippen MR) is 144 cm³/mol. The van der Waals surface area contributed by atoms with Gasteiger partial charge in [0.05, 0.1) is 11.9 Å². The molecule has 0 radical (unpaired) electrons. The van der Waals surface area contributed by atoms with Crippen LogP contribution >= 0.6 is 0 Å². The molecule has 0 aliphatic carbocycles. The average molecular weight is 490 g/mol. The Kier molecular flexibility index (Phi) is 7.31. The number of amides is 1. The monoisotopic (exact) mass is 489 g/mol. The van der Waals surface area contributed by atoms with Gasteiger partial charge in [0.1, 0.15) is 5.78 Å². The molecule has 0 saturated carbocycles. The smallest absolute Gasteiger partial charge is 0.258 e. The van der Waals surface area contributed by atoms with Crippen LogP contribution in [0, 0.1) is 0 Å². The number of aromatic amines is 1. The lowest BCUT2D eigenvalue weighted by atomic mass is 10.0. The second-order valence-corrected chi connectivity index (χ2v) is 8.84. The number of benzene rings is 3. The standard InChI is InChI=1S/C30H27N5O2/c36-28(17-22-9-3-1-4-10-22)16-8-13-26-21-35(27-14-5-2-6-15-27)30(33-26)34-29(37)24-12-7-11-23(18-24)25-19-31-32-20-25/h1-7,9-12,14-15,18-21H,8,13,16-17H2,(H,31,32)(H,33,34,37). The van der Waals surface area contributed by atoms with E-state index >= 15 is 0 Å². The highest BCUT2D eigenvalue weighted by atomic mass is 16.1. The number of imidazole rings is 1. The summed E-state index contributed by atoms with van der Waals surface area (Å²) in [5, 5.41) is 9.75. The zero-order valence-corrected chi connectivity index (χ0v) is 20.3. The molecule has 3 aromatic carbocycles. The number of anilines is 1. The van der Waals surface area contributed by atoms with E-state index in [0.717, 1.165) is 28.1 Å². The number of para-hydroxylation sites is 1. The van der Waals surface area contributed by atoms with Crippen molar-refractivity contribution in [2.75, 3.05) is 5.32 Å². The topological polar surface area (TPSA) is 92.7 Å². The lowest BCUT2D eigenvalue weighted by Gasteiger charge is -2.09. The van der Waals surface area contributed by atoms with Crippen molar-refractivity contribution in [2.24, 2.45) is 0 Å². The fraction of sp³-hybridized carbons (Fsp3) is 0.133. The Hall–Kier alpha value is -4.78. The Morgan fingerprint density at radius 3 is 2.43 bits per heavy atom. The van der Waals surface area contributed by atoms with E-state index in [0.29, 0.717) is 37.2 Å². The summed E-state index contributed by atoms with van der Waals surface area (Å²) in [6.45, 7) is 0. The number of ketones is 1. The molecule has 1 amide bonds. The van der Waals surface area contributed by atoms with Gasteiger partial charge in [-0.05, 0) is 48.2 Å². The second-order valence-electron chi connectivity index (χ2n) is 8.84. The van der Waals surface area contributed by atoms with Crippen LogP contribution in [0.25, 0.3) is 16.8 Å². The molecule has 2 aromatic heterocycles. The third kappa shape index (κ3) is 6.08. The number of hydrogen-bond donors (Lipinski definition) is 2. The van der Waals surface area contributed by atoms with Crippen LogP contribution in [-0.4, -0.2) is 31.4 Å². The van der Waals surface area contributed by atoms with Crippen LogP contribution in [0.4, 0.5) is 5.95 Å². The summed E-state index contributed by atoms with van der Waals surface area (Å²) in [5.74, 6) is 0.396. The van der Waals surface area contributed by atoms with E-state index in [4.69, 9.17) is 4.98 Å². The maximum atomic E-state index is 13.2. The van der Waals surface area contributed by atoms with Gasteiger partial charge in [0.15, 0.2) is 0 Å². The van der Waals surface area contributed by atoms with Crippen molar-refractivity contribution < 1.29 is 9.59 Å². The van der Waals surface area contributed by atoms with Gasteiger partial charge in [-0.1, -0.05) is 60.7 Å². The summed E-state index contributed by atoms with van der Waals surface area (Å²) in [4.78, 5) is 30.3. The van der Waals surface area contributed by atoms with Gasteiger partial charge < -0.3 is 0 Å². The lowest BCUT2D eigenvalue weighted by Crippen LogP contribution is -2.15. The minimum absolute atomic E-state index is 0.208. The van der Waals surface area contributed by atoms with Gasteiger partial charge in [0, 0.05) is 42.0 Å². The van der Waals surface area contributed by atoms with Crippen LogP contribution in [0.2, 0.25) is 0 Å². The molecule has 5 rings (SSSR count). The van der Waals surface area contributed by atoms with Crippen molar-refractivity contribution in [3.63, 3.8) is 0 Å². The van der Waals surface area contributed by atoms with E-state index in [1.807, 2.05) is 89.6 Å². The number of rotatable bonds is 10. The maximum Gasteiger partial charge on any atom is 0.258 e. The highest BCUT2D eigenvalue weighted by Gasteiger charge is 2.15. The third-order valence-corrected chi connectivity index (χ3v) is 6.10. The number of Topliss-reactive ketones (excluding diaryl/α,β-unsaturated/α-hetero) is 1. The number of aryl methyl sites for hydroxylation is 1. The molecule has 0 spiro atoms. The van der Waals surface area contributed by atoms with Crippen molar-refractivity contribution in [3.8, 4) is 16.8 Å². The first-order chi connectivity index (χ1) is 18.2. The molecule has 184 valence electrons. The van der Waals surface area contributed by atoms with Gasteiger partial charge in [-0.3, -0.25) is 24.6 Å². The van der Waals surface area contributed by atoms with Crippen molar-refractivity contribution in [1.29, 1.82) is 0 Å². The number of carbonyl (C=O) groups is 2. The first kappa shape index (κ1) is 23.9. The van der Waals surface area contributed by atoms with E-state index in [2.05, 4.69) is 15.5 Å². The summed E-state index contributed by atoms with van der Waals surface area (Å²) < 4.78 is 1.87. The van der Waals surface area contributed by atoms with Crippen molar-refractivity contribution in [2.45, 2.75) is 25.7 Å². The first-order valence-electron chi connectivity index (χ1n) is 12.3. The van der Waals surface area contributed by atoms with E-state index in [9.17, 15) is 9.59 Å². The first-order valence-corrected chi connectivity index (χ1v) is 12.3. The molecule has 0 aliphatic rings. The molecule has 2 heterocycles. The Morgan fingerprint density at radius 2 is 1.68 bits per heavy atom. The Bertz CT molecular complexity index is 1480. The summed E-state index contributed by atoms with van der Waals surface area (Å²) >= 11 is 0. The Balaban J connectivity index is 1.30. The lowest BCUT2D eigenvalue weighted by molar-refractivity contribution is -0.118. The molecule has 0 saturated heterocycles. The molecule has 5 aromatic rings. The number of hydrogen-bond acceptors (Lipinski definition) is 4. The zero-order valence-electron chi connectivity index (χ0n) is 20.3. The molecule has 7 nitrogen and oxygen atoms in total. The van der Waals surface area contributed by atoms with E-state index in [1.54, 1.807) is 18.5 Å². The van der Waals surface area contributed by atoms with Gasteiger partial charge in [0.25, 0.3) is 5.91 Å². The maximum absolute atomic E-state index is 13.2. The van der Waals surface area contributed by atoms with Crippen molar-refractivity contribution in [3.05, 3.63) is 120 Å². The highest BCUT2D eigenvalue weighted by molar-refractivity contribution is 6.04. The van der Waals surface area contributed by atoms with Crippen LogP contribution in [0.1, 0.15) is 34.5 Å². The van der Waals surface area contributed by atoms with Crippen molar-refractivity contribution in [1.82, 2.24) is 19.7 Å². The fourth-order valence-corrected chi connectivity index (χ4v) is 4.22. The largest absolute Gasteiger partial charge is 0.299 e. The van der Waals surface area contributed by atoms with Crippen molar-refractivity contribution >= 4 is 17.6 Å². The summed E-state index contributed by atoms with van der Waals surface area (Å²) in [6.07, 6.45) is 7.69. The molecule has 7 heteroatoms. The second kappa shape index (κ2) is 11.3. The molecule has 0 aliphatic heterocycles. The Labute approximate surface area is 215 Å². The zero-order chi connectivity index (χ0) is 25.5. The number of H-pyrrole nitrogens is 1. The molecule has 0 fully saturated rings. The fourth-order valence-electron chi connectivity index (χ4n) is 4.22. The number of nitrogens with one attached hydrogen (secondary N) is 2. The minimum atomic E-state index is -0.252. The van der Waals surface area contributed by atoms with E-state index in [-0.39, 0.29) is 11.7 Å². The molecule has 2 N–H and O–H groups in total. The van der Waals surface area contributed by atoms with Gasteiger partial charge in [0.2, 0.25) is 5.95 Å². The third-order valence-electron chi connectivity index (χ3n) is 6.10. The SMILES string of the molecule is O=C(CCCc1cn(-c2ccccc2)c(NC(=O)c2cccc(-c3cn[nH]c3)c2)n1)Cc1ccccc1. The molecule has 0 bridgehead atoms. The van der Waals surface area contributed by atoms with Crippen LogP contribution in [0.3, 0.4) is 0 Å². The number of nitrogens with zero attached hydrogens (tertiary/aromatic N) is 3. The summed E-state index contributed by atoms with van der Waals surface area (Å²) in [6, 6.07) is 26.9.